The van der Waals surface area contributed by atoms with Crippen LogP contribution in [0.5, 0.6) is 5.75 Å². The van der Waals surface area contributed by atoms with Crippen LogP contribution in [0.4, 0.5) is 16.2 Å². The monoisotopic (exact) mass is 491 g/mol. The van der Waals surface area contributed by atoms with Gasteiger partial charge in [0.25, 0.3) is 0 Å². The number of hydrogen-bond acceptors (Lipinski definition) is 7. The average Bonchev–Trinajstić information content (AvgIpc) is 3.41. The summed E-state index contributed by atoms with van der Waals surface area (Å²) >= 11 is 9.77. The fourth-order valence-corrected chi connectivity index (χ4v) is 4.11. The minimum atomic E-state index is -0.597. The third kappa shape index (κ3) is 3.38. The number of hydrogen-bond donors (Lipinski definition) is 1. The number of ether oxygens (including phenoxy) is 2. The lowest BCUT2D eigenvalue weighted by molar-refractivity contribution is 0.0494. The Morgan fingerprint density at radius 2 is 2.10 bits per heavy atom. The van der Waals surface area contributed by atoms with Crippen molar-refractivity contribution in [1.29, 1.82) is 0 Å². The number of pyridine rings is 2. The number of fused-ring (bicyclic) bond motifs is 1. The van der Waals surface area contributed by atoms with E-state index in [2.05, 4.69) is 41.4 Å². The number of amides is 2. The molecule has 3 aromatic rings. The molecular weight excluding hydrogens is 478 g/mol. The molecule has 1 unspecified atom stereocenters. The zero-order valence-electron chi connectivity index (χ0n) is 15.5. The Hall–Kier alpha value is -2.76. The molecule has 0 radical (unpaired) electrons. The van der Waals surface area contributed by atoms with Crippen molar-refractivity contribution in [2.24, 2.45) is 0 Å². The van der Waals surface area contributed by atoms with Crippen molar-refractivity contribution < 1.29 is 14.3 Å². The molecule has 0 bridgehead atoms. The van der Waals surface area contributed by atoms with Crippen LogP contribution in [0.1, 0.15) is 6.42 Å². The number of nitrogens with one attached hydrogen (secondary N) is 1. The molecule has 10 nitrogen and oxygen atoms in total. The Balaban J connectivity index is 1.43. The molecule has 30 heavy (non-hydrogen) atoms. The molecule has 2 aliphatic heterocycles. The van der Waals surface area contributed by atoms with Gasteiger partial charge in [0.05, 0.1) is 59.7 Å². The van der Waals surface area contributed by atoms with Crippen LogP contribution in [0.2, 0.25) is 5.02 Å². The maximum Gasteiger partial charge on any atom is 0.326 e. The van der Waals surface area contributed by atoms with Gasteiger partial charge in [0.2, 0.25) is 0 Å². The summed E-state index contributed by atoms with van der Waals surface area (Å²) in [5.74, 6) is 0.930. The maximum atomic E-state index is 13.2. The average molecular weight is 493 g/mol. The van der Waals surface area contributed by atoms with Crippen molar-refractivity contribution in [2.45, 2.75) is 12.0 Å². The molecule has 1 saturated heterocycles. The highest BCUT2D eigenvalue weighted by molar-refractivity contribution is 9.10. The number of rotatable bonds is 2. The predicted octanol–water partition coefficient (Wildman–Crippen LogP) is 3.06. The first-order valence-corrected chi connectivity index (χ1v) is 10.2. The normalized spacial score (nSPS) is 20.1. The first kappa shape index (κ1) is 19.2. The third-order valence-electron chi connectivity index (χ3n) is 4.88. The summed E-state index contributed by atoms with van der Waals surface area (Å²) in [5, 5.41) is 11.2. The fraction of sp³-hybridized carbons (Fsp3) is 0.278. The topological polar surface area (TPSA) is 107 Å². The van der Waals surface area contributed by atoms with Crippen molar-refractivity contribution in [1.82, 2.24) is 25.0 Å². The summed E-state index contributed by atoms with van der Waals surface area (Å²) in [4.78, 5) is 24.5. The van der Waals surface area contributed by atoms with Crippen molar-refractivity contribution in [3.05, 3.63) is 46.5 Å². The molecule has 0 aliphatic carbocycles. The Labute approximate surface area is 184 Å². The SMILES string of the molecule is O=C(Nc1cnc(-n2nccn2)c(Cl)c1)N1CC2(CCOC2)Oc2c(Br)cncc21. The quantitative estimate of drug-likeness (QED) is 0.586. The smallest absolute Gasteiger partial charge is 0.326 e. The molecule has 1 atom stereocenters. The van der Waals surface area contributed by atoms with E-state index in [0.29, 0.717) is 58.6 Å². The van der Waals surface area contributed by atoms with Crippen LogP contribution >= 0.6 is 27.5 Å². The second kappa shape index (κ2) is 7.49. The second-order valence-corrected chi connectivity index (χ2v) is 8.18. The van der Waals surface area contributed by atoms with Gasteiger partial charge >= 0.3 is 6.03 Å². The van der Waals surface area contributed by atoms with Crippen LogP contribution in [0.25, 0.3) is 5.82 Å². The summed E-state index contributed by atoms with van der Waals surface area (Å²) < 4.78 is 12.5. The lowest BCUT2D eigenvalue weighted by Crippen LogP contribution is -2.54. The van der Waals surface area contributed by atoms with Crippen molar-refractivity contribution in [3.8, 4) is 11.6 Å². The first-order chi connectivity index (χ1) is 14.5. The van der Waals surface area contributed by atoms with Gasteiger partial charge in [0.15, 0.2) is 17.2 Å². The van der Waals surface area contributed by atoms with Crippen LogP contribution in [-0.2, 0) is 4.74 Å². The lowest BCUT2D eigenvalue weighted by Gasteiger charge is -2.40. The lowest BCUT2D eigenvalue weighted by atomic mass is 10.00. The van der Waals surface area contributed by atoms with Gasteiger partial charge in [-0.2, -0.15) is 10.2 Å². The molecule has 2 aliphatic rings. The summed E-state index contributed by atoms with van der Waals surface area (Å²) in [6.07, 6.45) is 8.47. The summed E-state index contributed by atoms with van der Waals surface area (Å²) in [7, 11) is 0. The number of aromatic nitrogens is 5. The van der Waals surface area contributed by atoms with Crippen molar-refractivity contribution >= 4 is 44.9 Å². The van der Waals surface area contributed by atoms with Crippen LogP contribution < -0.4 is 15.0 Å². The minimum absolute atomic E-state index is 0.302. The predicted molar refractivity (Wildman–Crippen MR) is 111 cm³/mol. The van der Waals surface area contributed by atoms with Gasteiger partial charge in [-0.3, -0.25) is 9.88 Å². The van der Waals surface area contributed by atoms with Gasteiger partial charge in [-0.25, -0.2) is 9.78 Å². The second-order valence-electron chi connectivity index (χ2n) is 6.92. The summed E-state index contributed by atoms with van der Waals surface area (Å²) in [6.45, 7) is 1.32. The number of carbonyl (C=O) groups is 1. The molecule has 2 amide bonds. The minimum Gasteiger partial charge on any atom is -0.479 e. The zero-order valence-corrected chi connectivity index (χ0v) is 17.8. The first-order valence-electron chi connectivity index (χ1n) is 9.06. The Morgan fingerprint density at radius 3 is 2.83 bits per heavy atom. The van der Waals surface area contributed by atoms with Gasteiger partial charge in [0.1, 0.15) is 5.69 Å². The van der Waals surface area contributed by atoms with Gasteiger partial charge in [-0.05, 0) is 22.0 Å². The molecular formula is C18H15BrClN7O3. The van der Waals surface area contributed by atoms with E-state index in [9.17, 15) is 4.79 Å². The highest BCUT2D eigenvalue weighted by Crippen LogP contribution is 2.44. The van der Waals surface area contributed by atoms with E-state index in [-0.39, 0.29) is 6.03 Å². The number of carbonyl (C=O) groups excluding carboxylic acids is 1. The van der Waals surface area contributed by atoms with Crippen LogP contribution in [0, 0.1) is 0 Å². The Morgan fingerprint density at radius 1 is 1.27 bits per heavy atom. The van der Waals surface area contributed by atoms with Gasteiger partial charge < -0.3 is 14.8 Å². The maximum absolute atomic E-state index is 13.2. The Kier molecular flexibility index (Phi) is 4.80. The van der Waals surface area contributed by atoms with Crippen LogP contribution in [0.15, 0.2) is 41.5 Å². The van der Waals surface area contributed by atoms with E-state index < -0.39 is 5.60 Å². The molecule has 0 saturated carbocycles. The number of urea groups is 1. The molecule has 5 heterocycles. The molecule has 154 valence electrons. The molecule has 0 aromatic carbocycles. The highest BCUT2D eigenvalue weighted by atomic mass is 79.9. The number of halogens is 2. The largest absolute Gasteiger partial charge is 0.479 e. The molecule has 1 spiro atoms. The summed E-state index contributed by atoms with van der Waals surface area (Å²) in [5.41, 5.74) is 0.407. The van der Waals surface area contributed by atoms with Crippen molar-refractivity contribution in [3.63, 3.8) is 0 Å². The van der Waals surface area contributed by atoms with Gasteiger partial charge in [-0.1, -0.05) is 11.6 Å². The molecule has 1 fully saturated rings. The van der Waals surface area contributed by atoms with Gasteiger partial charge in [-0.15, -0.1) is 4.80 Å². The number of anilines is 2. The Bertz CT molecular complexity index is 1110. The van der Waals surface area contributed by atoms with E-state index in [1.165, 1.54) is 23.4 Å². The molecule has 3 aromatic heterocycles. The van der Waals surface area contributed by atoms with E-state index in [1.54, 1.807) is 23.4 Å². The van der Waals surface area contributed by atoms with Crippen LogP contribution in [0.3, 0.4) is 0 Å². The third-order valence-corrected chi connectivity index (χ3v) is 5.73. The van der Waals surface area contributed by atoms with E-state index >= 15 is 0 Å². The van der Waals surface area contributed by atoms with Gasteiger partial charge in [0, 0.05) is 12.6 Å². The molecule has 1 N–H and O–H groups in total. The fourth-order valence-electron chi connectivity index (χ4n) is 3.47. The van der Waals surface area contributed by atoms with E-state index in [4.69, 9.17) is 21.1 Å². The van der Waals surface area contributed by atoms with Crippen molar-refractivity contribution in [2.75, 3.05) is 30.0 Å². The molecule has 12 heteroatoms. The summed E-state index contributed by atoms with van der Waals surface area (Å²) in [6, 6.07) is 1.24. The van der Waals surface area contributed by atoms with E-state index in [1.807, 2.05) is 0 Å². The highest BCUT2D eigenvalue weighted by Gasteiger charge is 2.45. The number of nitrogens with zero attached hydrogens (tertiary/aromatic N) is 6. The van der Waals surface area contributed by atoms with E-state index in [0.717, 1.165) is 0 Å². The zero-order chi connectivity index (χ0) is 20.7. The van der Waals surface area contributed by atoms with Crippen LogP contribution in [-0.4, -0.2) is 56.4 Å². The molecule has 5 rings (SSSR count). The standard InChI is InChI=1S/C18H15BrClN7O3/c19-12-7-21-8-14-15(12)30-18(1-4-29-10-18)9-26(14)17(28)25-11-5-13(20)16(22-6-11)27-23-2-3-24-27/h2-3,5-8H,1,4,9-10H2,(H,25,28).